The van der Waals surface area contributed by atoms with Crippen LogP contribution in [0, 0.1) is 20.8 Å². The number of aryl methyl sites for hydroxylation is 3. The van der Waals surface area contributed by atoms with E-state index >= 15 is 0 Å². The zero-order valence-electron chi connectivity index (χ0n) is 16.8. The van der Waals surface area contributed by atoms with Gasteiger partial charge < -0.3 is 14.6 Å². The van der Waals surface area contributed by atoms with Crippen LogP contribution in [0.25, 0.3) is 0 Å². The fraction of sp³-hybridized carbons (Fsp3) is 0.273. The first-order valence-corrected chi connectivity index (χ1v) is 9.40. The van der Waals surface area contributed by atoms with Gasteiger partial charge >= 0.3 is 0 Å². The lowest BCUT2D eigenvalue weighted by atomic mass is 10.1. The van der Waals surface area contributed by atoms with Gasteiger partial charge in [-0.15, -0.1) is 0 Å². The highest BCUT2D eigenvalue weighted by atomic mass is 16.3. The fourth-order valence-corrected chi connectivity index (χ4v) is 2.79. The molecule has 0 aliphatic heterocycles. The van der Waals surface area contributed by atoms with Gasteiger partial charge in [-0.3, -0.25) is 14.6 Å². The minimum absolute atomic E-state index is 0.151. The number of amides is 2. The van der Waals surface area contributed by atoms with E-state index in [0.717, 1.165) is 22.5 Å². The quantitative estimate of drug-likeness (QED) is 0.663. The summed E-state index contributed by atoms with van der Waals surface area (Å²) in [5.41, 5.74) is 3.97. The number of aromatic nitrogens is 2. The van der Waals surface area contributed by atoms with Crippen LogP contribution in [-0.2, 0) is 11.3 Å². The third kappa shape index (κ3) is 5.51. The molecule has 0 radical (unpaired) electrons. The number of carbonyl (C=O) groups is 2. The minimum atomic E-state index is -0.298. The van der Waals surface area contributed by atoms with Gasteiger partial charge in [0.25, 0.3) is 5.91 Å². The maximum absolute atomic E-state index is 12.9. The van der Waals surface area contributed by atoms with Crippen LogP contribution in [0.5, 0.6) is 0 Å². The van der Waals surface area contributed by atoms with Crippen molar-refractivity contribution >= 4 is 17.5 Å². The first-order chi connectivity index (χ1) is 13.9. The zero-order valence-corrected chi connectivity index (χ0v) is 16.8. The average molecular weight is 392 g/mol. The predicted molar refractivity (Wildman–Crippen MR) is 109 cm³/mol. The van der Waals surface area contributed by atoms with E-state index in [2.05, 4.69) is 15.3 Å². The molecule has 0 saturated carbocycles. The molecule has 0 bridgehead atoms. The molecule has 2 amide bonds. The van der Waals surface area contributed by atoms with Crippen LogP contribution in [0.2, 0.25) is 0 Å². The first-order valence-electron chi connectivity index (χ1n) is 9.40. The lowest BCUT2D eigenvalue weighted by Crippen LogP contribution is -2.34. The van der Waals surface area contributed by atoms with Crippen molar-refractivity contribution in [3.8, 4) is 0 Å². The number of hydrogen-bond acceptors (Lipinski definition) is 5. The van der Waals surface area contributed by atoms with Crippen molar-refractivity contribution < 1.29 is 14.0 Å². The number of nitrogens with zero attached hydrogens (tertiary/aromatic N) is 3. The number of carbonyl (C=O) groups excluding carboxylic acids is 2. The number of furan rings is 1. The minimum Gasteiger partial charge on any atom is -0.467 e. The van der Waals surface area contributed by atoms with E-state index in [-0.39, 0.29) is 37.0 Å². The fourth-order valence-electron chi connectivity index (χ4n) is 2.79. The molecule has 1 aromatic carbocycles. The van der Waals surface area contributed by atoms with Crippen LogP contribution in [0.1, 0.15) is 39.5 Å². The van der Waals surface area contributed by atoms with Crippen LogP contribution in [0.15, 0.2) is 53.4 Å². The van der Waals surface area contributed by atoms with Crippen molar-refractivity contribution in [3.05, 3.63) is 77.3 Å². The lowest BCUT2D eigenvalue weighted by molar-refractivity contribution is -0.116. The van der Waals surface area contributed by atoms with Gasteiger partial charge in [0.1, 0.15) is 11.5 Å². The highest BCUT2D eigenvalue weighted by Gasteiger charge is 2.20. The summed E-state index contributed by atoms with van der Waals surface area (Å²) >= 11 is 0. The molecule has 3 rings (SSSR count). The normalized spacial score (nSPS) is 10.6. The van der Waals surface area contributed by atoms with Crippen molar-refractivity contribution in [3.63, 3.8) is 0 Å². The van der Waals surface area contributed by atoms with Gasteiger partial charge in [-0.2, -0.15) is 0 Å². The summed E-state index contributed by atoms with van der Waals surface area (Å²) in [5, 5.41) is 2.88. The van der Waals surface area contributed by atoms with Crippen LogP contribution in [0.3, 0.4) is 0 Å². The Hall–Kier alpha value is -3.48. The second-order valence-corrected chi connectivity index (χ2v) is 6.95. The predicted octanol–water partition coefficient (Wildman–Crippen LogP) is 3.67. The zero-order chi connectivity index (χ0) is 20.8. The molecule has 7 nitrogen and oxygen atoms in total. The molecule has 7 heteroatoms. The molecule has 150 valence electrons. The summed E-state index contributed by atoms with van der Waals surface area (Å²) < 4.78 is 5.37. The molecule has 0 fully saturated rings. The Labute approximate surface area is 169 Å². The Morgan fingerprint density at radius 2 is 1.90 bits per heavy atom. The maximum atomic E-state index is 12.9. The van der Waals surface area contributed by atoms with E-state index in [1.165, 1.54) is 11.1 Å². The largest absolute Gasteiger partial charge is 0.467 e. The third-order valence-corrected chi connectivity index (χ3v) is 4.61. The lowest BCUT2D eigenvalue weighted by Gasteiger charge is -2.21. The van der Waals surface area contributed by atoms with Crippen LogP contribution in [-0.4, -0.2) is 33.2 Å². The summed E-state index contributed by atoms with van der Waals surface area (Å²) in [5.74, 6) is 0.168. The van der Waals surface area contributed by atoms with E-state index in [1.54, 1.807) is 31.5 Å². The number of rotatable bonds is 7. The number of anilines is 1. The van der Waals surface area contributed by atoms with E-state index in [9.17, 15) is 9.59 Å². The number of hydrogen-bond donors (Lipinski definition) is 1. The molecule has 29 heavy (non-hydrogen) atoms. The summed E-state index contributed by atoms with van der Waals surface area (Å²) in [4.78, 5) is 35.1. The Bertz CT molecular complexity index is 982. The summed E-state index contributed by atoms with van der Waals surface area (Å²) in [6.45, 7) is 6.30. The second-order valence-electron chi connectivity index (χ2n) is 6.95. The van der Waals surface area contributed by atoms with Gasteiger partial charge in [0, 0.05) is 24.8 Å². The highest BCUT2D eigenvalue weighted by Crippen LogP contribution is 2.15. The number of benzene rings is 1. The van der Waals surface area contributed by atoms with E-state index < -0.39 is 0 Å². The van der Waals surface area contributed by atoms with Gasteiger partial charge in [-0.1, -0.05) is 6.07 Å². The molecule has 2 heterocycles. The standard InChI is InChI=1S/C22H24N4O3/c1-15-6-7-18(11-16(15)2)25-21(27)8-9-26(14-19-5-4-10-29-19)22(28)20-13-23-17(3)12-24-20/h4-7,10-13H,8-9,14H2,1-3H3,(H,25,27). The third-order valence-electron chi connectivity index (χ3n) is 4.61. The van der Waals surface area contributed by atoms with Gasteiger partial charge in [-0.25, -0.2) is 4.98 Å². The maximum Gasteiger partial charge on any atom is 0.274 e. The summed E-state index contributed by atoms with van der Waals surface area (Å²) in [6, 6.07) is 9.31. The molecular weight excluding hydrogens is 368 g/mol. The van der Waals surface area contributed by atoms with E-state index in [0.29, 0.717) is 5.76 Å². The van der Waals surface area contributed by atoms with Crippen molar-refractivity contribution in [2.45, 2.75) is 33.7 Å². The average Bonchev–Trinajstić information content (AvgIpc) is 3.21. The summed E-state index contributed by atoms with van der Waals surface area (Å²) in [6.07, 6.45) is 4.70. The first kappa shape index (κ1) is 20.3. The molecule has 0 aliphatic carbocycles. The van der Waals surface area contributed by atoms with Gasteiger partial charge in [0.15, 0.2) is 0 Å². The summed E-state index contributed by atoms with van der Waals surface area (Å²) in [7, 11) is 0. The Kier molecular flexibility index (Phi) is 6.39. The highest BCUT2D eigenvalue weighted by molar-refractivity contribution is 5.93. The topological polar surface area (TPSA) is 88.3 Å². The molecule has 0 atom stereocenters. The Morgan fingerprint density at radius 3 is 2.55 bits per heavy atom. The molecule has 0 aliphatic rings. The van der Waals surface area contributed by atoms with E-state index in [4.69, 9.17) is 4.42 Å². The van der Waals surface area contributed by atoms with Crippen molar-refractivity contribution in [2.24, 2.45) is 0 Å². The Morgan fingerprint density at radius 1 is 1.07 bits per heavy atom. The molecule has 0 saturated heterocycles. The van der Waals surface area contributed by atoms with Gasteiger partial charge in [0.2, 0.25) is 5.91 Å². The van der Waals surface area contributed by atoms with Crippen LogP contribution in [0.4, 0.5) is 5.69 Å². The Balaban J connectivity index is 1.67. The van der Waals surface area contributed by atoms with Crippen LogP contribution < -0.4 is 5.32 Å². The van der Waals surface area contributed by atoms with Gasteiger partial charge in [-0.05, 0) is 56.2 Å². The second kappa shape index (κ2) is 9.14. The van der Waals surface area contributed by atoms with E-state index in [1.807, 2.05) is 32.0 Å². The van der Waals surface area contributed by atoms with Gasteiger partial charge in [0.05, 0.1) is 24.7 Å². The number of nitrogens with one attached hydrogen (secondary N) is 1. The molecule has 0 unspecified atom stereocenters. The monoisotopic (exact) mass is 392 g/mol. The molecular formula is C22H24N4O3. The van der Waals surface area contributed by atoms with Crippen LogP contribution >= 0.6 is 0 Å². The smallest absolute Gasteiger partial charge is 0.274 e. The molecule has 1 N–H and O–H groups in total. The SMILES string of the molecule is Cc1cnc(C(=O)N(CCC(=O)Nc2ccc(C)c(C)c2)Cc2ccco2)cn1. The molecule has 0 spiro atoms. The van der Waals surface area contributed by atoms with Crippen molar-refractivity contribution in [1.82, 2.24) is 14.9 Å². The van der Waals surface area contributed by atoms with Crippen molar-refractivity contribution in [1.29, 1.82) is 0 Å². The molecule has 2 aromatic heterocycles. The molecule has 3 aromatic rings. The van der Waals surface area contributed by atoms with Crippen molar-refractivity contribution in [2.75, 3.05) is 11.9 Å².